The third-order valence-corrected chi connectivity index (χ3v) is 5.36. The average molecular weight is 370 g/mol. The Balaban J connectivity index is 2.57. The van der Waals surface area contributed by atoms with Crippen molar-refractivity contribution in [1.29, 1.82) is 0 Å². The Kier molecular flexibility index (Phi) is 4.53. The van der Waals surface area contributed by atoms with Crippen molar-refractivity contribution in [1.82, 2.24) is 4.98 Å². The second kappa shape index (κ2) is 6.03. The summed E-state index contributed by atoms with van der Waals surface area (Å²) in [5.74, 6) is -0.00990. The molecule has 0 unspecified atom stereocenters. The summed E-state index contributed by atoms with van der Waals surface area (Å²) in [6.45, 7) is 4.00. The van der Waals surface area contributed by atoms with Crippen LogP contribution in [0.25, 0.3) is 0 Å². The van der Waals surface area contributed by atoms with Crippen LogP contribution in [-0.4, -0.2) is 19.9 Å². The minimum Gasteiger partial charge on any atom is -0.383 e. The number of benzene rings is 1. The molecule has 0 aliphatic heterocycles. The molecule has 1 aromatic carbocycles. The van der Waals surface area contributed by atoms with Gasteiger partial charge in [-0.25, -0.2) is 13.4 Å². The van der Waals surface area contributed by atoms with E-state index in [1.807, 2.05) is 25.1 Å². The molecule has 0 radical (unpaired) electrons. The monoisotopic (exact) mass is 369 g/mol. The summed E-state index contributed by atoms with van der Waals surface area (Å²) >= 11 is 3.23. The standard InChI is InChI=1S/C14H16BrN3O2S/c1-3-18(12-6-4-5-10(2)7-12)21(19,20)13-8-11(15)9-17-14(13)16/h4-9H,3H2,1-2H3,(H2,16,17). The number of rotatable bonds is 4. The molecule has 2 aromatic rings. The molecule has 112 valence electrons. The van der Waals surface area contributed by atoms with Gasteiger partial charge in [0.05, 0.1) is 5.69 Å². The Labute approximate surface area is 133 Å². The van der Waals surface area contributed by atoms with E-state index in [0.29, 0.717) is 16.7 Å². The molecular weight excluding hydrogens is 354 g/mol. The van der Waals surface area contributed by atoms with Crippen LogP contribution in [0.15, 0.2) is 45.9 Å². The van der Waals surface area contributed by atoms with Gasteiger partial charge in [0.1, 0.15) is 10.7 Å². The number of nitrogens with two attached hydrogens (primary N) is 1. The smallest absolute Gasteiger partial charge is 0.268 e. The maximum absolute atomic E-state index is 12.8. The summed E-state index contributed by atoms with van der Waals surface area (Å²) in [6.07, 6.45) is 1.47. The van der Waals surface area contributed by atoms with E-state index in [0.717, 1.165) is 5.56 Å². The minimum atomic E-state index is -3.76. The van der Waals surface area contributed by atoms with E-state index in [4.69, 9.17) is 5.73 Å². The molecule has 0 bridgehead atoms. The normalized spacial score (nSPS) is 11.4. The molecule has 0 saturated heterocycles. The molecule has 2 N–H and O–H groups in total. The van der Waals surface area contributed by atoms with Crippen LogP contribution < -0.4 is 10.0 Å². The van der Waals surface area contributed by atoms with Crippen molar-refractivity contribution in [3.63, 3.8) is 0 Å². The van der Waals surface area contributed by atoms with Crippen molar-refractivity contribution in [2.45, 2.75) is 18.7 Å². The van der Waals surface area contributed by atoms with E-state index >= 15 is 0 Å². The predicted octanol–water partition coefficient (Wildman–Crippen LogP) is 2.95. The van der Waals surface area contributed by atoms with Gasteiger partial charge in [0, 0.05) is 17.2 Å². The lowest BCUT2D eigenvalue weighted by Crippen LogP contribution is -2.31. The van der Waals surface area contributed by atoms with Gasteiger partial charge in [-0.1, -0.05) is 12.1 Å². The molecule has 0 spiro atoms. The maximum atomic E-state index is 12.8. The fourth-order valence-corrected chi connectivity index (χ4v) is 4.08. The third kappa shape index (κ3) is 3.19. The Morgan fingerprint density at radius 3 is 2.67 bits per heavy atom. The van der Waals surface area contributed by atoms with Crippen molar-refractivity contribution in [3.05, 3.63) is 46.6 Å². The van der Waals surface area contributed by atoms with Crippen LogP contribution in [0.5, 0.6) is 0 Å². The first-order valence-corrected chi connectivity index (χ1v) is 8.60. The molecule has 1 aromatic heterocycles. The number of aryl methyl sites for hydroxylation is 1. The van der Waals surface area contributed by atoms with E-state index in [9.17, 15) is 8.42 Å². The van der Waals surface area contributed by atoms with Crippen LogP contribution in [0.3, 0.4) is 0 Å². The zero-order chi connectivity index (χ0) is 15.6. The Morgan fingerprint density at radius 1 is 1.33 bits per heavy atom. The van der Waals surface area contributed by atoms with Crippen LogP contribution in [0.1, 0.15) is 12.5 Å². The molecule has 2 rings (SSSR count). The molecule has 5 nitrogen and oxygen atoms in total. The van der Waals surface area contributed by atoms with Gasteiger partial charge >= 0.3 is 0 Å². The molecular formula is C14H16BrN3O2S. The van der Waals surface area contributed by atoms with Crippen molar-refractivity contribution in [3.8, 4) is 0 Å². The van der Waals surface area contributed by atoms with Crippen LogP contribution in [0, 0.1) is 6.92 Å². The first-order chi connectivity index (χ1) is 9.86. The highest BCUT2D eigenvalue weighted by molar-refractivity contribution is 9.10. The van der Waals surface area contributed by atoms with Crippen molar-refractivity contribution < 1.29 is 8.42 Å². The van der Waals surface area contributed by atoms with Crippen molar-refractivity contribution >= 4 is 37.5 Å². The number of aromatic nitrogens is 1. The first kappa shape index (κ1) is 15.8. The van der Waals surface area contributed by atoms with Gasteiger partial charge in [-0.15, -0.1) is 0 Å². The fourth-order valence-electron chi connectivity index (χ4n) is 2.03. The van der Waals surface area contributed by atoms with Gasteiger partial charge in [-0.2, -0.15) is 0 Å². The van der Waals surface area contributed by atoms with Crippen molar-refractivity contribution in [2.75, 3.05) is 16.6 Å². The minimum absolute atomic E-state index is 0.000214. The molecule has 0 atom stereocenters. The van der Waals surface area contributed by atoms with Crippen LogP contribution in [-0.2, 0) is 10.0 Å². The number of pyridine rings is 1. The highest BCUT2D eigenvalue weighted by Gasteiger charge is 2.26. The second-order valence-corrected chi connectivity index (χ2v) is 7.29. The van der Waals surface area contributed by atoms with E-state index in [-0.39, 0.29) is 10.7 Å². The first-order valence-electron chi connectivity index (χ1n) is 6.36. The van der Waals surface area contributed by atoms with E-state index in [2.05, 4.69) is 20.9 Å². The van der Waals surface area contributed by atoms with Gasteiger partial charge < -0.3 is 5.73 Å². The summed E-state index contributed by atoms with van der Waals surface area (Å²) in [6, 6.07) is 8.79. The van der Waals surface area contributed by atoms with Gasteiger partial charge in [0.2, 0.25) is 0 Å². The Hall–Kier alpha value is -1.60. The van der Waals surface area contributed by atoms with Crippen LogP contribution in [0.4, 0.5) is 11.5 Å². The van der Waals surface area contributed by atoms with Gasteiger partial charge in [-0.05, 0) is 53.5 Å². The number of halogens is 1. The van der Waals surface area contributed by atoms with Crippen molar-refractivity contribution in [2.24, 2.45) is 0 Å². The summed E-state index contributed by atoms with van der Waals surface area (Å²) in [4.78, 5) is 3.90. The zero-order valence-corrected chi connectivity index (χ0v) is 14.1. The molecule has 21 heavy (non-hydrogen) atoms. The van der Waals surface area contributed by atoms with Gasteiger partial charge in [0.25, 0.3) is 10.0 Å². The lowest BCUT2D eigenvalue weighted by Gasteiger charge is -2.23. The third-order valence-electron chi connectivity index (χ3n) is 2.99. The number of nitrogen functional groups attached to an aromatic ring is 1. The lowest BCUT2D eigenvalue weighted by atomic mass is 10.2. The average Bonchev–Trinajstić information content (AvgIpc) is 2.42. The summed E-state index contributed by atoms with van der Waals surface area (Å²) in [7, 11) is -3.76. The SMILES string of the molecule is CCN(c1cccc(C)c1)S(=O)(=O)c1cc(Br)cnc1N. The van der Waals surface area contributed by atoms with Gasteiger partial charge in [0.15, 0.2) is 0 Å². The molecule has 1 heterocycles. The molecule has 0 saturated carbocycles. The van der Waals surface area contributed by atoms with E-state index in [1.54, 1.807) is 13.0 Å². The largest absolute Gasteiger partial charge is 0.383 e. The molecule has 0 aliphatic rings. The number of hydrogen-bond acceptors (Lipinski definition) is 4. The van der Waals surface area contributed by atoms with Crippen LogP contribution >= 0.6 is 15.9 Å². The Morgan fingerprint density at radius 2 is 2.05 bits per heavy atom. The second-order valence-electron chi connectivity index (χ2n) is 4.55. The van der Waals surface area contributed by atoms with Crippen LogP contribution in [0.2, 0.25) is 0 Å². The fraction of sp³-hybridized carbons (Fsp3) is 0.214. The van der Waals surface area contributed by atoms with Gasteiger partial charge in [-0.3, -0.25) is 4.31 Å². The highest BCUT2D eigenvalue weighted by atomic mass is 79.9. The molecule has 0 aliphatic carbocycles. The maximum Gasteiger partial charge on any atom is 0.268 e. The van der Waals surface area contributed by atoms with E-state index in [1.165, 1.54) is 16.6 Å². The summed E-state index contributed by atoms with van der Waals surface area (Å²) < 4.78 is 27.6. The predicted molar refractivity (Wildman–Crippen MR) is 87.7 cm³/mol. The quantitative estimate of drug-likeness (QED) is 0.898. The zero-order valence-electron chi connectivity index (χ0n) is 11.7. The Bertz CT molecular complexity index is 763. The van der Waals surface area contributed by atoms with E-state index < -0.39 is 10.0 Å². The number of sulfonamides is 1. The molecule has 0 fully saturated rings. The number of hydrogen-bond donors (Lipinski definition) is 1. The number of nitrogens with zero attached hydrogens (tertiary/aromatic N) is 2. The number of anilines is 2. The lowest BCUT2D eigenvalue weighted by molar-refractivity contribution is 0.592. The molecule has 7 heteroatoms. The highest BCUT2D eigenvalue weighted by Crippen LogP contribution is 2.28. The molecule has 0 amide bonds. The summed E-state index contributed by atoms with van der Waals surface area (Å²) in [5, 5.41) is 0. The topological polar surface area (TPSA) is 76.3 Å². The summed E-state index contributed by atoms with van der Waals surface area (Å²) in [5.41, 5.74) is 7.33.